The Morgan fingerprint density at radius 2 is 1.75 bits per heavy atom. The minimum Gasteiger partial charge on any atom is -0.441 e. The van der Waals surface area contributed by atoms with Gasteiger partial charge in [-0.15, -0.1) is 0 Å². The molecule has 0 spiro atoms. The first-order valence-electron chi connectivity index (χ1n) is 18.5. The highest BCUT2D eigenvalue weighted by Gasteiger charge is 2.36. The van der Waals surface area contributed by atoms with Crippen LogP contribution in [0.4, 0.5) is 5.69 Å². The number of anilines is 1. The predicted octanol–water partition coefficient (Wildman–Crippen LogP) is 5.99. The molecule has 4 heterocycles. The lowest BCUT2D eigenvalue weighted by Crippen LogP contribution is -2.51. The van der Waals surface area contributed by atoms with Crippen molar-refractivity contribution in [1.82, 2.24) is 29.3 Å². The summed E-state index contributed by atoms with van der Waals surface area (Å²) in [5.41, 5.74) is 2.22. The molecule has 1 saturated heterocycles. The number of pyridine rings is 1. The van der Waals surface area contributed by atoms with E-state index in [0.29, 0.717) is 91.4 Å². The molecule has 0 saturated carbocycles. The van der Waals surface area contributed by atoms with Crippen LogP contribution in [-0.4, -0.2) is 85.6 Å². The minimum atomic E-state index is -1.19. The fourth-order valence-electron chi connectivity index (χ4n) is 7.11. The van der Waals surface area contributed by atoms with Gasteiger partial charge in [0.2, 0.25) is 11.8 Å². The van der Waals surface area contributed by atoms with E-state index in [9.17, 15) is 19.5 Å². The van der Waals surface area contributed by atoms with Gasteiger partial charge < -0.3 is 24.6 Å². The van der Waals surface area contributed by atoms with Gasteiger partial charge in [-0.1, -0.05) is 54.1 Å². The maximum absolute atomic E-state index is 14.1. The Hall–Kier alpha value is -5.43. The molecule has 1 aliphatic rings. The number of nitrogens with zero attached hydrogens (tertiary/aromatic N) is 6. The molecular formula is C42H44ClN7O5. The normalized spacial score (nSPS) is 14.7. The monoisotopic (exact) mass is 761 g/mol. The van der Waals surface area contributed by atoms with Crippen LogP contribution in [0.15, 0.2) is 101 Å². The average molecular weight is 762 g/mol. The number of piperidine rings is 1. The molecule has 2 amide bonds. The number of amides is 2. The van der Waals surface area contributed by atoms with E-state index in [4.69, 9.17) is 16.0 Å². The third-order valence-electron chi connectivity index (χ3n) is 10.3. The van der Waals surface area contributed by atoms with Crippen molar-refractivity contribution in [2.75, 3.05) is 39.0 Å². The number of oxazole rings is 1. The second-order valence-electron chi connectivity index (χ2n) is 14.6. The Balaban J connectivity index is 0.990. The van der Waals surface area contributed by atoms with Gasteiger partial charge in [0.25, 0.3) is 5.56 Å². The van der Waals surface area contributed by atoms with Gasteiger partial charge in [-0.05, 0) is 75.7 Å². The van der Waals surface area contributed by atoms with E-state index in [0.717, 1.165) is 22.0 Å². The molecule has 3 aromatic carbocycles. The summed E-state index contributed by atoms with van der Waals surface area (Å²) in [6, 6.07) is 22.5. The average Bonchev–Trinajstić information content (AvgIpc) is 3.66. The van der Waals surface area contributed by atoms with Crippen molar-refractivity contribution >= 4 is 50.9 Å². The molecule has 284 valence electrons. The summed E-state index contributed by atoms with van der Waals surface area (Å²) < 4.78 is 7.58. The lowest BCUT2D eigenvalue weighted by Gasteiger charge is -2.39. The zero-order valence-corrected chi connectivity index (χ0v) is 31.7. The molecule has 1 atom stereocenters. The molecule has 2 N–H and O–H groups in total. The van der Waals surface area contributed by atoms with Crippen molar-refractivity contribution in [1.29, 1.82) is 0 Å². The molecule has 0 aliphatic carbocycles. The van der Waals surface area contributed by atoms with E-state index in [1.54, 1.807) is 36.7 Å². The van der Waals surface area contributed by atoms with Crippen LogP contribution in [0.1, 0.15) is 37.1 Å². The highest BCUT2D eigenvalue weighted by atomic mass is 35.5. The summed E-state index contributed by atoms with van der Waals surface area (Å²) in [5.74, 6) is 0.731. The standard InChI is InChI=1S/C42H44ClN7O5/c1-48(2)19-15-38(51)47-31-10-12-33-36(24-31)46-27-50(41(33)53)26-42(54)16-20-49(21-17-42)40(52)30(22-28-6-4-3-5-7-28)9-13-39-45-25-37(55-39)29-8-11-32-34(43)14-18-44-35(32)23-29/h3-8,10-12,14,18,23-25,27,30,54H,9,13,15-17,19-22,26H2,1-2H3,(H,47,51). The Morgan fingerprint density at radius 3 is 2.53 bits per heavy atom. The van der Waals surface area contributed by atoms with Crippen LogP contribution in [0.3, 0.4) is 0 Å². The van der Waals surface area contributed by atoms with Gasteiger partial charge in [-0.25, -0.2) is 9.97 Å². The summed E-state index contributed by atoms with van der Waals surface area (Å²) in [6.45, 7) is 1.39. The second kappa shape index (κ2) is 16.5. The molecule has 3 aromatic heterocycles. The molecular weight excluding hydrogens is 718 g/mol. The van der Waals surface area contributed by atoms with Crippen LogP contribution >= 0.6 is 11.6 Å². The lowest BCUT2D eigenvalue weighted by molar-refractivity contribution is -0.140. The molecule has 6 aromatic rings. The third-order valence-corrected chi connectivity index (χ3v) is 10.6. The summed E-state index contributed by atoms with van der Waals surface area (Å²) in [7, 11) is 3.81. The van der Waals surface area contributed by atoms with Gasteiger partial charge in [0.05, 0.1) is 46.1 Å². The van der Waals surface area contributed by atoms with E-state index in [2.05, 4.69) is 20.3 Å². The topological polar surface area (TPSA) is 147 Å². The van der Waals surface area contributed by atoms with Crippen molar-refractivity contribution in [2.45, 2.75) is 50.7 Å². The molecule has 0 bridgehead atoms. The van der Waals surface area contributed by atoms with Crippen LogP contribution in [-0.2, 0) is 29.0 Å². The number of aliphatic hydroxyl groups is 1. The van der Waals surface area contributed by atoms with Gasteiger partial charge in [0.1, 0.15) is 0 Å². The fourth-order valence-corrected chi connectivity index (χ4v) is 7.33. The smallest absolute Gasteiger partial charge is 0.261 e. The number of nitrogens with one attached hydrogen (secondary N) is 1. The van der Waals surface area contributed by atoms with Gasteiger partial charge in [-0.3, -0.25) is 23.9 Å². The first-order chi connectivity index (χ1) is 26.5. The first kappa shape index (κ1) is 37.9. The maximum Gasteiger partial charge on any atom is 0.261 e. The molecule has 1 aliphatic heterocycles. The van der Waals surface area contributed by atoms with Crippen molar-refractivity contribution in [3.63, 3.8) is 0 Å². The molecule has 7 rings (SSSR count). The van der Waals surface area contributed by atoms with E-state index in [1.807, 2.05) is 72.4 Å². The van der Waals surface area contributed by atoms with Crippen molar-refractivity contribution < 1.29 is 19.1 Å². The summed E-state index contributed by atoms with van der Waals surface area (Å²) >= 11 is 6.32. The van der Waals surface area contributed by atoms with Gasteiger partial charge in [0.15, 0.2) is 11.7 Å². The van der Waals surface area contributed by atoms with Crippen LogP contribution in [0.25, 0.3) is 33.1 Å². The number of aryl methyl sites for hydroxylation is 1. The molecule has 12 nitrogen and oxygen atoms in total. The Morgan fingerprint density at radius 1 is 0.982 bits per heavy atom. The molecule has 1 fully saturated rings. The highest BCUT2D eigenvalue weighted by Crippen LogP contribution is 2.30. The number of likely N-dealkylation sites (tertiary alicyclic amines) is 1. The van der Waals surface area contributed by atoms with E-state index < -0.39 is 5.60 Å². The number of fused-ring (bicyclic) bond motifs is 2. The van der Waals surface area contributed by atoms with Crippen LogP contribution < -0.4 is 10.9 Å². The second-order valence-corrected chi connectivity index (χ2v) is 15.0. The number of halogens is 1. The van der Waals surface area contributed by atoms with Crippen LogP contribution in [0.5, 0.6) is 0 Å². The number of hydrogen-bond acceptors (Lipinski definition) is 9. The van der Waals surface area contributed by atoms with Crippen molar-refractivity contribution in [3.8, 4) is 11.3 Å². The number of aromatic nitrogens is 4. The Bertz CT molecular complexity index is 2370. The zero-order chi connectivity index (χ0) is 38.5. The van der Waals surface area contributed by atoms with E-state index in [-0.39, 0.29) is 29.8 Å². The minimum absolute atomic E-state index is 0.0179. The molecule has 13 heteroatoms. The first-order valence-corrected chi connectivity index (χ1v) is 18.9. The Labute approximate surface area is 323 Å². The number of carbonyl (C=O) groups is 2. The summed E-state index contributed by atoms with van der Waals surface area (Å²) in [6.07, 6.45) is 7.35. The summed E-state index contributed by atoms with van der Waals surface area (Å²) in [4.78, 5) is 57.1. The SMILES string of the molecule is CN(C)CCC(=O)Nc1ccc2c(=O)n(CC3(O)CCN(C(=O)C(CCc4ncc(-c5ccc6c(Cl)ccnc6c5)o4)Cc4ccccc4)CC3)cnc2c1. The largest absolute Gasteiger partial charge is 0.441 e. The quantitative estimate of drug-likeness (QED) is 0.145. The Kier molecular flexibility index (Phi) is 11.4. The lowest BCUT2D eigenvalue weighted by atomic mass is 9.88. The molecule has 0 radical (unpaired) electrons. The van der Waals surface area contributed by atoms with E-state index in [1.165, 1.54) is 10.9 Å². The van der Waals surface area contributed by atoms with Gasteiger partial charge >= 0.3 is 0 Å². The predicted molar refractivity (Wildman–Crippen MR) is 213 cm³/mol. The molecule has 55 heavy (non-hydrogen) atoms. The number of rotatable bonds is 13. The van der Waals surface area contributed by atoms with Crippen LogP contribution in [0.2, 0.25) is 5.02 Å². The third kappa shape index (κ3) is 9.10. The number of carbonyl (C=O) groups excluding carboxylic acids is 2. The fraction of sp³-hybridized carbons (Fsp3) is 0.333. The molecule has 1 unspecified atom stereocenters. The summed E-state index contributed by atoms with van der Waals surface area (Å²) in [5, 5.41) is 16.4. The van der Waals surface area contributed by atoms with Crippen LogP contribution in [0, 0.1) is 5.92 Å². The number of benzene rings is 3. The van der Waals surface area contributed by atoms with Gasteiger partial charge in [-0.2, -0.15) is 0 Å². The maximum atomic E-state index is 14.1. The van der Waals surface area contributed by atoms with Gasteiger partial charge in [0, 0.05) is 61.2 Å². The zero-order valence-electron chi connectivity index (χ0n) is 31.0. The van der Waals surface area contributed by atoms with Crippen molar-refractivity contribution in [3.05, 3.63) is 118 Å². The van der Waals surface area contributed by atoms with Crippen molar-refractivity contribution in [2.24, 2.45) is 5.92 Å². The highest BCUT2D eigenvalue weighted by molar-refractivity contribution is 6.35. The van der Waals surface area contributed by atoms with E-state index >= 15 is 0 Å². The number of hydrogen-bond donors (Lipinski definition) is 2.